The van der Waals surface area contributed by atoms with Gasteiger partial charge in [0.1, 0.15) is 18.1 Å². The number of furan rings is 1. The second-order valence-electron chi connectivity index (χ2n) is 6.79. The maximum Gasteiger partial charge on any atom is 0.257 e. The second-order valence-corrected chi connectivity index (χ2v) is 7.19. The summed E-state index contributed by atoms with van der Waals surface area (Å²) in [5.74, 6) is 0.598. The summed E-state index contributed by atoms with van der Waals surface area (Å²) in [4.78, 5) is 25.1. The molecule has 2 amide bonds. The quantitative estimate of drug-likeness (QED) is 0.308. The summed E-state index contributed by atoms with van der Waals surface area (Å²) in [5.41, 5.74) is 1.27. The number of nitrogens with one attached hydrogen (secondary N) is 3. The summed E-state index contributed by atoms with van der Waals surface area (Å²) in [6, 6.07) is 17.1. The molecule has 0 radical (unpaired) electrons. The van der Waals surface area contributed by atoms with E-state index in [2.05, 4.69) is 16.0 Å². The Balaban J connectivity index is 1.54. The van der Waals surface area contributed by atoms with Crippen molar-refractivity contribution in [1.82, 2.24) is 10.6 Å². The fraction of sp³-hybridized carbons (Fsp3) is 0.208. The van der Waals surface area contributed by atoms with Crippen LogP contribution in [0.2, 0.25) is 0 Å². The highest BCUT2D eigenvalue weighted by Crippen LogP contribution is 2.16. The van der Waals surface area contributed by atoms with Gasteiger partial charge in [-0.3, -0.25) is 14.9 Å². The van der Waals surface area contributed by atoms with Gasteiger partial charge in [0, 0.05) is 12.2 Å². The summed E-state index contributed by atoms with van der Waals surface area (Å²) in [6.07, 6.45) is 1.54. The lowest BCUT2D eigenvalue weighted by atomic mass is 10.1. The van der Waals surface area contributed by atoms with E-state index in [1.165, 1.54) is 0 Å². The molecule has 0 bridgehead atoms. The molecule has 0 saturated heterocycles. The van der Waals surface area contributed by atoms with Gasteiger partial charge < -0.3 is 24.5 Å². The maximum absolute atomic E-state index is 12.6. The Hall–Kier alpha value is -3.69. The molecule has 0 aliphatic rings. The van der Waals surface area contributed by atoms with Crippen molar-refractivity contribution in [3.8, 4) is 5.75 Å². The lowest BCUT2D eigenvalue weighted by Crippen LogP contribution is -2.35. The van der Waals surface area contributed by atoms with Crippen LogP contribution in [0.3, 0.4) is 0 Å². The van der Waals surface area contributed by atoms with E-state index in [4.69, 9.17) is 26.1 Å². The average molecular weight is 468 g/mol. The Morgan fingerprint density at radius 1 is 0.970 bits per heavy atom. The van der Waals surface area contributed by atoms with Crippen LogP contribution in [0.1, 0.15) is 33.4 Å². The largest absolute Gasteiger partial charge is 0.491 e. The van der Waals surface area contributed by atoms with Gasteiger partial charge in [-0.25, -0.2) is 0 Å². The van der Waals surface area contributed by atoms with E-state index in [0.717, 1.165) is 0 Å². The number of hydrogen-bond donors (Lipinski definition) is 3. The molecule has 8 nitrogen and oxygen atoms in total. The van der Waals surface area contributed by atoms with Gasteiger partial charge in [0.2, 0.25) is 0 Å². The Labute approximate surface area is 197 Å². The number of carbonyl (C=O) groups excluding carboxylic acids is 2. The smallest absolute Gasteiger partial charge is 0.257 e. The first-order valence-electron chi connectivity index (χ1n) is 10.4. The molecule has 0 unspecified atom stereocenters. The molecule has 0 fully saturated rings. The molecule has 0 aliphatic heterocycles. The molecule has 33 heavy (non-hydrogen) atoms. The number of amides is 2. The number of benzene rings is 2. The average Bonchev–Trinajstić information content (AvgIpc) is 3.35. The zero-order valence-electron chi connectivity index (χ0n) is 18.1. The predicted octanol–water partition coefficient (Wildman–Crippen LogP) is 3.75. The van der Waals surface area contributed by atoms with Crippen molar-refractivity contribution in [3.63, 3.8) is 0 Å². The highest BCUT2D eigenvalue weighted by molar-refractivity contribution is 7.80. The zero-order valence-corrected chi connectivity index (χ0v) is 18.9. The molecule has 3 rings (SSSR count). The molecule has 0 spiro atoms. The number of para-hydroxylation sites is 1. The topological polar surface area (TPSA) is 102 Å². The molecule has 3 aromatic rings. The third-order valence-corrected chi connectivity index (χ3v) is 4.67. The number of hydrogen-bond acceptors (Lipinski definition) is 6. The Bertz CT molecular complexity index is 1070. The van der Waals surface area contributed by atoms with Crippen molar-refractivity contribution in [2.24, 2.45) is 0 Å². The van der Waals surface area contributed by atoms with Crippen molar-refractivity contribution in [2.45, 2.75) is 13.5 Å². The number of thiocarbonyl (C=S) groups is 1. The lowest BCUT2D eigenvalue weighted by Gasteiger charge is -2.13. The van der Waals surface area contributed by atoms with Gasteiger partial charge in [0.15, 0.2) is 5.11 Å². The molecular formula is C24H25N3O5S. The normalized spacial score (nSPS) is 10.3. The first-order valence-corrected chi connectivity index (χ1v) is 10.8. The third kappa shape index (κ3) is 7.44. The molecule has 0 aliphatic carbocycles. The van der Waals surface area contributed by atoms with Crippen LogP contribution in [0.15, 0.2) is 71.3 Å². The molecule has 9 heteroatoms. The van der Waals surface area contributed by atoms with Crippen molar-refractivity contribution in [3.05, 3.63) is 83.8 Å². The van der Waals surface area contributed by atoms with Crippen LogP contribution in [0.25, 0.3) is 0 Å². The van der Waals surface area contributed by atoms with Crippen molar-refractivity contribution in [2.75, 3.05) is 25.1 Å². The van der Waals surface area contributed by atoms with Crippen molar-refractivity contribution < 1.29 is 23.5 Å². The summed E-state index contributed by atoms with van der Waals surface area (Å²) >= 11 is 5.27. The number of anilines is 1. The molecule has 1 aromatic heterocycles. The second kappa shape index (κ2) is 12.4. The van der Waals surface area contributed by atoms with Gasteiger partial charge in [0.05, 0.1) is 30.7 Å². The van der Waals surface area contributed by atoms with Crippen LogP contribution in [-0.2, 0) is 11.3 Å². The van der Waals surface area contributed by atoms with Gasteiger partial charge in [-0.05, 0) is 67.7 Å². The van der Waals surface area contributed by atoms with E-state index in [-0.39, 0.29) is 23.5 Å². The SMILES string of the molecule is CCOCCOc1ccc(C(=O)NC(=S)Nc2ccccc2C(=O)NCc2ccco2)cc1. The van der Waals surface area contributed by atoms with Crippen LogP contribution in [0.4, 0.5) is 5.69 Å². The monoisotopic (exact) mass is 467 g/mol. The van der Waals surface area contributed by atoms with Gasteiger partial charge in [0.25, 0.3) is 11.8 Å². The third-order valence-electron chi connectivity index (χ3n) is 4.47. The molecule has 2 aromatic carbocycles. The minimum absolute atomic E-state index is 0.0725. The Kier molecular flexibility index (Phi) is 8.98. The minimum Gasteiger partial charge on any atom is -0.491 e. The highest BCUT2D eigenvalue weighted by atomic mass is 32.1. The van der Waals surface area contributed by atoms with E-state index >= 15 is 0 Å². The van der Waals surface area contributed by atoms with Crippen LogP contribution in [0.5, 0.6) is 5.75 Å². The van der Waals surface area contributed by atoms with Gasteiger partial charge in [-0.2, -0.15) is 0 Å². The fourth-order valence-corrected chi connectivity index (χ4v) is 3.06. The van der Waals surface area contributed by atoms with E-state index in [1.54, 1.807) is 66.9 Å². The molecular weight excluding hydrogens is 442 g/mol. The molecule has 172 valence electrons. The maximum atomic E-state index is 12.6. The van der Waals surface area contributed by atoms with E-state index < -0.39 is 0 Å². The molecule has 3 N–H and O–H groups in total. The zero-order chi connectivity index (χ0) is 23.5. The van der Waals surface area contributed by atoms with Gasteiger partial charge in [-0.1, -0.05) is 12.1 Å². The van der Waals surface area contributed by atoms with Gasteiger partial charge >= 0.3 is 0 Å². The number of carbonyl (C=O) groups is 2. The first kappa shape index (κ1) is 24.0. The predicted molar refractivity (Wildman–Crippen MR) is 128 cm³/mol. The van der Waals surface area contributed by atoms with E-state index in [1.807, 2.05) is 6.92 Å². The summed E-state index contributed by atoms with van der Waals surface area (Å²) in [7, 11) is 0. The summed E-state index contributed by atoms with van der Waals surface area (Å²) in [5, 5.41) is 8.39. The van der Waals surface area contributed by atoms with E-state index in [0.29, 0.717) is 48.1 Å². The molecule has 1 heterocycles. The Morgan fingerprint density at radius 3 is 2.48 bits per heavy atom. The van der Waals surface area contributed by atoms with Crippen molar-refractivity contribution in [1.29, 1.82) is 0 Å². The first-order chi connectivity index (χ1) is 16.1. The Morgan fingerprint density at radius 2 is 1.76 bits per heavy atom. The van der Waals surface area contributed by atoms with Crippen LogP contribution in [0, 0.1) is 0 Å². The molecule has 0 saturated carbocycles. The minimum atomic E-state index is -0.381. The standard InChI is InChI=1S/C24H25N3O5S/c1-2-30-14-15-32-18-11-9-17(10-12-18)22(28)27-24(33)26-21-8-4-3-7-20(21)23(29)25-16-19-6-5-13-31-19/h3-13H,2,14-16H2,1H3,(H,25,29)(H2,26,27,28,33). The van der Waals surface area contributed by atoms with Crippen LogP contribution < -0.4 is 20.7 Å². The van der Waals surface area contributed by atoms with Crippen molar-refractivity contribution >= 4 is 34.8 Å². The fourth-order valence-electron chi connectivity index (χ4n) is 2.86. The van der Waals surface area contributed by atoms with E-state index in [9.17, 15) is 9.59 Å². The van der Waals surface area contributed by atoms with Crippen LogP contribution >= 0.6 is 12.2 Å². The summed E-state index contributed by atoms with van der Waals surface area (Å²) in [6.45, 7) is 3.74. The molecule has 0 atom stereocenters. The number of ether oxygens (including phenoxy) is 2. The van der Waals surface area contributed by atoms with Gasteiger partial charge in [-0.15, -0.1) is 0 Å². The lowest BCUT2D eigenvalue weighted by molar-refractivity contribution is 0.0947. The highest BCUT2D eigenvalue weighted by Gasteiger charge is 2.14. The number of rotatable bonds is 10. The summed E-state index contributed by atoms with van der Waals surface area (Å²) < 4.78 is 16.0. The van der Waals surface area contributed by atoms with Crippen LogP contribution in [-0.4, -0.2) is 36.7 Å².